The minimum atomic E-state index is 0.0679. The van der Waals surface area contributed by atoms with Gasteiger partial charge in [-0.1, -0.05) is 19.4 Å². The fourth-order valence-corrected chi connectivity index (χ4v) is 2.66. The molecule has 1 saturated heterocycles. The maximum atomic E-state index is 12.4. The summed E-state index contributed by atoms with van der Waals surface area (Å²) in [7, 11) is 0. The van der Waals surface area contributed by atoms with E-state index < -0.39 is 0 Å². The molecule has 4 nitrogen and oxygen atoms in total. The van der Waals surface area contributed by atoms with Crippen LogP contribution in [0, 0.1) is 5.92 Å². The van der Waals surface area contributed by atoms with E-state index in [-0.39, 0.29) is 5.91 Å². The Bertz CT molecular complexity index is 433. The van der Waals surface area contributed by atoms with Crippen molar-refractivity contribution in [3.05, 3.63) is 23.9 Å². The highest BCUT2D eigenvalue weighted by Crippen LogP contribution is 2.22. The number of carbonyl (C=O) groups excluding carboxylic acids is 1. The third-order valence-electron chi connectivity index (χ3n) is 3.60. The molecule has 1 atom stereocenters. The summed E-state index contributed by atoms with van der Waals surface area (Å²) >= 11 is 0. The van der Waals surface area contributed by atoms with Crippen molar-refractivity contribution < 1.29 is 4.79 Å². The zero-order valence-corrected chi connectivity index (χ0v) is 11.9. The third kappa shape index (κ3) is 3.46. The van der Waals surface area contributed by atoms with Gasteiger partial charge in [0.2, 0.25) is 0 Å². The zero-order valence-electron chi connectivity index (χ0n) is 11.9. The lowest BCUT2D eigenvalue weighted by Crippen LogP contribution is -2.29. The summed E-state index contributed by atoms with van der Waals surface area (Å²) in [6.07, 6.45) is 3.54. The lowest BCUT2D eigenvalue weighted by Gasteiger charge is -2.16. The predicted octanol–water partition coefficient (Wildman–Crippen LogP) is 2.78. The van der Waals surface area contributed by atoms with Crippen molar-refractivity contribution in [3.63, 3.8) is 0 Å². The van der Waals surface area contributed by atoms with Crippen LogP contribution in [0.25, 0.3) is 0 Å². The molecule has 104 valence electrons. The molecule has 0 spiro atoms. The van der Waals surface area contributed by atoms with Gasteiger partial charge < -0.3 is 10.2 Å². The SMILES string of the molecule is CCCC1CCN(C(=O)c2cccc(NCC)n2)C1. The molecule has 1 aromatic rings. The average Bonchev–Trinajstić information content (AvgIpc) is 2.88. The van der Waals surface area contributed by atoms with E-state index in [9.17, 15) is 4.79 Å². The predicted molar refractivity (Wildman–Crippen MR) is 77.3 cm³/mol. The van der Waals surface area contributed by atoms with Gasteiger partial charge in [0.05, 0.1) is 0 Å². The van der Waals surface area contributed by atoms with Crippen molar-refractivity contribution >= 4 is 11.7 Å². The molecule has 0 aromatic carbocycles. The topological polar surface area (TPSA) is 45.2 Å². The summed E-state index contributed by atoms with van der Waals surface area (Å²) in [5, 5.41) is 3.14. The lowest BCUT2D eigenvalue weighted by atomic mass is 10.0. The van der Waals surface area contributed by atoms with Crippen molar-refractivity contribution in [1.82, 2.24) is 9.88 Å². The van der Waals surface area contributed by atoms with Crippen LogP contribution in [-0.2, 0) is 0 Å². The Balaban J connectivity index is 2.01. The molecule has 0 bridgehead atoms. The van der Waals surface area contributed by atoms with Crippen molar-refractivity contribution in [3.8, 4) is 0 Å². The van der Waals surface area contributed by atoms with Gasteiger partial charge in [-0.15, -0.1) is 0 Å². The molecule has 4 heteroatoms. The smallest absolute Gasteiger partial charge is 0.272 e. The highest BCUT2D eigenvalue weighted by molar-refractivity contribution is 5.92. The second-order valence-corrected chi connectivity index (χ2v) is 5.13. The summed E-state index contributed by atoms with van der Waals surface area (Å²) in [6, 6.07) is 5.58. The van der Waals surface area contributed by atoms with Crippen LogP contribution >= 0.6 is 0 Å². The number of carbonyl (C=O) groups is 1. The molecule has 1 amide bonds. The Kier molecular flexibility index (Phi) is 4.77. The van der Waals surface area contributed by atoms with Crippen molar-refractivity contribution in [1.29, 1.82) is 0 Å². The monoisotopic (exact) mass is 261 g/mol. The number of nitrogens with zero attached hydrogens (tertiary/aromatic N) is 2. The first-order valence-electron chi connectivity index (χ1n) is 7.24. The third-order valence-corrected chi connectivity index (χ3v) is 3.60. The van der Waals surface area contributed by atoms with Gasteiger partial charge in [0.15, 0.2) is 0 Å². The Morgan fingerprint density at radius 1 is 1.47 bits per heavy atom. The fraction of sp³-hybridized carbons (Fsp3) is 0.600. The molecule has 0 aliphatic carbocycles. The van der Waals surface area contributed by atoms with Gasteiger partial charge in [-0.2, -0.15) is 0 Å². The summed E-state index contributed by atoms with van der Waals surface area (Å²) < 4.78 is 0. The quantitative estimate of drug-likeness (QED) is 0.886. The molecule has 1 aliphatic rings. The zero-order chi connectivity index (χ0) is 13.7. The largest absolute Gasteiger partial charge is 0.370 e. The molecule has 1 aromatic heterocycles. The van der Waals surface area contributed by atoms with Crippen LogP contribution in [0.3, 0.4) is 0 Å². The Hall–Kier alpha value is -1.58. The molecule has 1 N–H and O–H groups in total. The average molecular weight is 261 g/mol. The second kappa shape index (κ2) is 6.55. The minimum absolute atomic E-state index is 0.0679. The first-order chi connectivity index (χ1) is 9.24. The van der Waals surface area contributed by atoms with Crippen LogP contribution in [-0.4, -0.2) is 35.4 Å². The van der Waals surface area contributed by atoms with Crippen LogP contribution < -0.4 is 5.32 Å². The number of nitrogens with one attached hydrogen (secondary N) is 1. The van der Waals surface area contributed by atoms with Crippen LogP contribution in [0.1, 0.15) is 43.6 Å². The molecular weight excluding hydrogens is 238 g/mol. The minimum Gasteiger partial charge on any atom is -0.370 e. The highest BCUT2D eigenvalue weighted by Gasteiger charge is 2.26. The van der Waals surface area contributed by atoms with Gasteiger partial charge in [-0.05, 0) is 37.8 Å². The molecule has 19 heavy (non-hydrogen) atoms. The Morgan fingerprint density at radius 3 is 3.05 bits per heavy atom. The maximum absolute atomic E-state index is 12.4. The van der Waals surface area contributed by atoms with E-state index >= 15 is 0 Å². The van der Waals surface area contributed by atoms with Crippen LogP contribution in [0.15, 0.2) is 18.2 Å². The van der Waals surface area contributed by atoms with Gasteiger partial charge in [0.1, 0.15) is 11.5 Å². The van der Waals surface area contributed by atoms with Gasteiger partial charge in [-0.25, -0.2) is 4.98 Å². The molecule has 0 radical (unpaired) electrons. The Labute approximate surface area is 115 Å². The van der Waals surface area contributed by atoms with E-state index in [4.69, 9.17) is 0 Å². The molecule has 2 heterocycles. The molecular formula is C15H23N3O. The van der Waals surface area contributed by atoms with Crippen LogP contribution in [0.2, 0.25) is 0 Å². The van der Waals surface area contributed by atoms with E-state index in [2.05, 4.69) is 17.2 Å². The second-order valence-electron chi connectivity index (χ2n) is 5.13. The number of rotatable bonds is 5. The van der Waals surface area contributed by atoms with E-state index in [0.717, 1.165) is 31.9 Å². The maximum Gasteiger partial charge on any atom is 0.272 e. The molecule has 0 saturated carbocycles. The van der Waals surface area contributed by atoms with E-state index in [1.807, 2.05) is 24.0 Å². The molecule has 1 fully saturated rings. The molecule has 1 unspecified atom stereocenters. The number of hydrogen-bond donors (Lipinski definition) is 1. The summed E-state index contributed by atoms with van der Waals surface area (Å²) in [4.78, 5) is 18.7. The first kappa shape index (κ1) is 13.8. The number of likely N-dealkylation sites (tertiary alicyclic amines) is 1. The summed E-state index contributed by atoms with van der Waals surface area (Å²) in [6.45, 7) is 6.79. The lowest BCUT2D eigenvalue weighted by molar-refractivity contribution is 0.0781. The van der Waals surface area contributed by atoms with E-state index in [1.54, 1.807) is 6.07 Å². The van der Waals surface area contributed by atoms with Gasteiger partial charge in [0.25, 0.3) is 5.91 Å². The van der Waals surface area contributed by atoms with Crippen molar-refractivity contribution in [2.75, 3.05) is 25.0 Å². The fourth-order valence-electron chi connectivity index (χ4n) is 2.66. The number of amides is 1. The van der Waals surface area contributed by atoms with Crippen LogP contribution in [0.5, 0.6) is 0 Å². The van der Waals surface area contributed by atoms with Crippen molar-refractivity contribution in [2.45, 2.75) is 33.1 Å². The van der Waals surface area contributed by atoms with Crippen molar-refractivity contribution in [2.24, 2.45) is 5.92 Å². The van der Waals surface area contributed by atoms with Gasteiger partial charge >= 0.3 is 0 Å². The van der Waals surface area contributed by atoms with Gasteiger partial charge in [-0.3, -0.25) is 4.79 Å². The number of pyridine rings is 1. The van der Waals surface area contributed by atoms with Gasteiger partial charge in [0, 0.05) is 19.6 Å². The number of hydrogen-bond acceptors (Lipinski definition) is 3. The number of aromatic nitrogens is 1. The summed E-state index contributed by atoms with van der Waals surface area (Å²) in [5.74, 6) is 1.52. The molecule has 2 rings (SSSR count). The summed E-state index contributed by atoms with van der Waals surface area (Å²) in [5.41, 5.74) is 0.551. The van der Waals surface area contributed by atoms with Crippen LogP contribution in [0.4, 0.5) is 5.82 Å². The number of anilines is 1. The molecule has 1 aliphatic heterocycles. The van der Waals surface area contributed by atoms with E-state index in [1.165, 1.54) is 12.8 Å². The first-order valence-corrected chi connectivity index (χ1v) is 7.24. The standard InChI is InChI=1S/C15H23N3O/c1-3-6-12-9-10-18(11-12)15(19)13-7-5-8-14(17-13)16-4-2/h5,7-8,12H,3-4,6,9-11H2,1-2H3,(H,16,17). The Morgan fingerprint density at radius 2 is 2.32 bits per heavy atom. The highest BCUT2D eigenvalue weighted by atomic mass is 16.2. The normalized spacial score (nSPS) is 18.6. The van der Waals surface area contributed by atoms with E-state index in [0.29, 0.717) is 11.6 Å².